The molecule has 0 saturated heterocycles. The lowest BCUT2D eigenvalue weighted by molar-refractivity contribution is -0.385. The molecule has 3 aromatic rings. The molecule has 0 aliphatic heterocycles. The highest BCUT2D eigenvalue weighted by atomic mass is 32.1. The number of imidazole rings is 1. The van der Waals surface area contributed by atoms with Crippen LogP contribution in [0.2, 0.25) is 0 Å². The van der Waals surface area contributed by atoms with E-state index in [0.29, 0.717) is 12.4 Å². The van der Waals surface area contributed by atoms with Gasteiger partial charge in [-0.1, -0.05) is 12.1 Å². The zero-order valence-electron chi connectivity index (χ0n) is 11.1. The minimum atomic E-state index is -0.467. The maximum absolute atomic E-state index is 11.0. The number of nitro groups is 1. The Labute approximate surface area is 124 Å². The molecule has 21 heavy (non-hydrogen) atoms. The van der Waals surface area contributed by atoms with E-state index in [9.17, 15) is 10.1 Å². The van der Waals surface area contributed by atoms with Gasteiger partial charge >= 0.3 is 5.69 Å². The molecule has 0 unspecified atom stereocenters. The van der Waals surface area contributed by atoms with Crippen LogP contribution in [0.25, 0.3) is 4.96 Å². The maximum Gasteiger partial charge on any atom is 0.311 e. The van der Waals surface area contributed by atoms with Crippen molar-refractivity contribution in [1.82, 2.24) is 14.7 Å². The van der Waals surface area contributed by atoms with Gasteiger partial charge in [0.25, 0.3) is 0 Å². The number of thiazole rings is 1. The Bertz CT molecular complexity index is 796. The normalized spacial score (nSPS) is 10.9. The van der Waals surface area contributed by atoms with Gasteiger partial charge in [0.05, 0.1) is 4.92 Å². The van der Waals surface area contributed by atoms with Crippen molar-refractivity contribution in [1.29, 1.82) is 0 Å². The third-order valence-corrected chi connectivity index (χ3v) is 3.69. The molecular weight excluding hydrogens is 292 g/mol. The van der Waals surface area contributed by atoms with Gasteiger partial charge in [-0.15, -0.1) is 11.3 Å². The molecule has 1 N–H and O–H groups in total. The van der Waals surface area contributed by atoms with E-state index >= 15 is 0 Å². The molecule has 0 radical (unpaired) electrons. The van der Waals surface area contributed by atoms with Gasteiger partial charge in [-0.3, -0.25) is 14.5 Å². The van der Waals surface area contributed by atoms with E-state index in [1.165, 1.54) is 17.4 Å². The lowest BCUT2D eigenvalue weighted by Gasteiger charge is -2.06. The average molecular weight is 304 g/mol. The Morgan fingerprint density at radius 3 is 3.05 bits per heavy atom. The van der Waals surface area contributed by atoms with Crippen molar-refractivity contribution < 1.29 is 9.66 Å². The number of hydrogen-bond acceptors (Lipinski definition) is 6. The zero-order valence-corrected chi connectivity index (χ0v) is 12.0. The number of fused-ring (bicyclic) bond motifs is 1. The first kappa shape index (κ1) is 13.5. The standard InChI is InChI=1S/C13H12N4O3S/c1-14-8-10-12(15-13-16(10)6-7-21-13)20-11-5-3-2-4-9(11)17(18)19/h2-7,14H,8H2,1H3. The van der Waals surface area contributed by atoms with Crippen molar-refractivity contribution in [2.75, 3.05) is 7.05 Å². The van der Waals surface area contributed by atoms with Gasteiger partial charge in [0.1, 0.15) is 5.69 Å². The third-order valence-electron chi connectivity index (χ3n) is 2.94. The van der Waals surface area contributed by atoms with Crippen LogP contribution >= 0.6 is 11.3 Å². The number of nitrogens with zero attached hydrogens (tertiary/aromatic N) is 3. The van der Waals surface area contributed by atoms with Crippen molar-refractivity contribution >= 4 is 22.0 Å². The van der Waals surface area contributed by atoms with Crippen molar-refractivity contribution in [3.8, 4) is 11.6 Å². The van der Waals surface area contributed by atoms with Crippen LogP contribution in [0.1, 0.15) is 5.69 Å². The molecule has 0 spiro atoms. The number of benzene rings is 1. The Kier molecular flexibility index (Phi) is 3.55. The molecule has 2 aromatic heterocycles. The van der Waals surface area contributed by atoms with Gasteiger partial charge in [0.2, 0.25) is 11.6 Å². The van der Waals surface area contributed by atoms with Crippen LogP contribution in [-0.4, -0.2) is 21.4 Å². The molecule has 0 atom stereocenters. The fraction of sp³-hybridized carbons (Fsp3) is 0.154. The highest BCUT2D eigenvalue weighted by Crippen LogP contribution is 2.33. The molecule has 1 aromatic carbocycles. The second-order valence-corrected chi connectivity index (χ2v) is 5.15. The molecule has 0 bridgehead atoms. The van der Waals surface area contributed by atoms with Gasteiger partial charge in [-0.05, 0) is 13.1 Å². The van der Waals surface area contributed by atoms with E-state index in [1.807, 2.05) is 23.0 Å². The minimum absolute atomic E-state index is 0.0794. The second-order valence-electron chi connectivity index (χ2n) is 4.28. The summed E-state index contributed by atoms with van der Waals surface area (Å²) in [5.41, 5.74) is 0.746. The number of para-hydroxylation sites is 2. The van der Waals surface area contributed by atoms with Gasteiger partial charge in [0, 0.05) is 24.2 Å². The summed E-state index contributed by atoms with van der Waals surface area (Å²) in [7, 11) is 1.82. The van der Waals surface area contributed by atoms with Crippen molar-refractivity contribution in [2.24, 2.45) is 0 Å². The van der Waals surface area contributed by atoms with E-state index in [0.717, 1.165) is 10.7 Å². The molecule has 108 valence electrons. The number of ether oxygens (including phenoxy) is 1. The number of aromatic nitrogens is 2. The summed E-state index contributed by atoms with van der Waals surface area (Å²) in [5, 5.41) is 16.0. The van der Waals surface area contributed by atoms with E-state index in [4.69, 9.17) is 4.74 Å². The maximum atomic E-state index is 11.0. The Morgan fingerprint density at radius 2 is 2.29 bits per heavy atom. The Balaban J connectivity index is 2.03. The third kappa shape index (κ3) is 2.46. The fourth-order valence-electron chi connectivity index (χ4n) is 2.02. The number of hydrogen-bond donors (Lipinski definition) is 1. The molecule has 0 aliphatic rings. The lowest BCUT2D eigenvalue weighted by atomic mass is 10.3. The number of nitrogens with one attached hydrogen (secondary N) is 1. The number of rotatable bonds is 5. The topological polar surface area (TPSA) is 81.7 Å². The first-order valence-corrected chi connectivity index (χ1v) is 7.09. The molecule has 0 saturated carbocycles. The molecule has 8 heteroatoms. The predicted octanol–water partition coefficient (Wildman–Crippen LogP) is 2.82. The lowest BCUT2D eigenvalue weighted by Crippen LogP contribution is -2.08. The van der Waals surface area contributed by atoms with Crippen molar-refractivity contribution in [3.63, 3.8) is 0 Å². The van der Waals surface area contributed by atoms with Crippen molar-refractivity contribution in [3.05, 3.63) is 51.7 Å². The summed E-state index contributed by atoms with van der Waals surface area (Å²) >= 11 is 1.48. The van der Waals surface area contributed by atoms with E-state index < -0.39 is 4.92 Å². The first-order valence-electron chi connectivity index (χ1n) is 6.21. The van der Waals surface area contributed by atoms with E-state index in [-0.39, 0.29) is 11.4 Å². The van der Waals surface area contributed by atoms with Crippen molar-refractivity contribution in [2.45, 2.75) is 6.54 Å². The largest absolute Gasteiger partial charge is 0.430 e. The van der Waals surface area contributed by atoms with Crippen LogP contribution in [0, 0.1) is 10.1 Å². The average Bonchev–Trinajstić information content (AvgIpc) is 3.03. The second kappa shape index (κ2) is 5.51. The first-order chi connectivity index (χ1) is 10.2. The van der Waals surface area contributed by atoms with Gasteiger partial charge in [-0.2, -0.15) is 4.98 Å². The fourth-order valence-corrected chi connectivity index (χ4v) is 2.75. The summed E-state index contributed by atoms with van der Waals surface area (Å²) in [4.78, 5) is 15.7. The predicted molar refractivity (Wildman–Crippen MR) is 79.0 cm³/mol. The summed E-state index contributed by atoms with van der Waals surface area (Å²) in [5.74, 6) is 0.566. The highest BCUT2D eigenvalue weighted by Gasteiger charge is 2.19. The summed E-state index contributed by atoms with van der Waals surface area (Å²) < 4.78 is 7.60. The van der Waals surface area contributed by atoms with Crippen LogP contribution in [0.15, 0.2) is 35.8 Å². The molecule has 0 aliphatic carbocycles. The zero-order chi connectivity index (χ0) is 14.8. The summed E-state index contributed by atoms with van der Waals surface area (Å²) in [6.07, 6.45) is 1.89. The SMILES string of the molecule is CNCc1c(Oc2ccccc2[N+](=O)[O-])nc2sccn12. The van der Waals surface area contributed by atoms with E-state index in [1.54, 1.807) is 18.2 Å². The van der Waals surface area contributed by atoms with Crippen LogP contribution in [0.3, 0.4) is 0 Å². The van der Waals surface area contributed by atoms with E-state index in [2.05, 4.69) is 10.3 Å². The molecule has 7 nitrogen and oxygen atoms in total. The minimum Gasteiger partial charge on any atom is -0.430 e. The molecule has 0 fully saturated rings. The van der Waals surface area contributed by atoms with Gasteiger partial charge in [0.15, 0.2) is 4.96 Å². The number of nitro benzene ring substituents is 1. The van der Waals surface area contributed by atoms with Crippen LogP contribution in [0.4, 0.5) is 5.69 Å². The quantitative estimate of drug-likeness (QED) is 0.579. The molecule has 2 heterocycles. The van der Waals surface area contributed by atoms with Crippen LogP contribution < -0.4 is 10.1 Å². The Morgan fingerprint density at radius 1 is 1.48 bits per heavy atom. The molecular formula is C13H12N4O3S. The van der Waals surface area contributed by atoms with Crippen LogP contribution in [0.5, 0.6) is 11.6 Å². The molecule has 3 rings (SSSR count). The van der Waals surface area contributed by atoms with Gasteiger partial charge < -0.3 is 10.1 Å². The summed E-state index contributed by atoms with van der Waals surface area (Å²) in [6, 6.07) is 6.27. The summed E-state index contributed by atoms with van der Waals surface area (Å²) in [6.45, 7) is 0.549. The monoisotopic (exact) mass is 304 g/mol. The Hall–Kier alpha value is -2.45. The molecule has 0 amide bonds. The van der Waals surface area contributed by atoms with Gasteiger partial charge in [-0.25, -0.2) is 0 Å². The smallest absolute Gasteiger partial charge is 0.311 e. The highest BCUT2D eigenvalue weighted by molar-refractivity contribution is 7.15. The van der Waals surface area contributed by atoms with Crippen LogP contribution in [-0.2, 0) is 6.54 Å².